The normalized spacial score (nSPS) is 14.9. The molecule has 5 nitrogen and oxygen atoms in total. The molecule has 152 valence electrons. The van der Waals surface area contributed by atoms with Gasteiger partial charge in [0.2, 0.25) is 11.8 Å². The van der Waals surface area contributed by atoms with Gasteiger partial charge in [-0.25, -0.2) is 8.78 Å². The maximum Gasteiger partial charge on any atom is 0.246 e. The number of piperazine rings is 1. The lowest BCUT2D eigenvalue weighted by molar-refractivity contribution is -0.127. The number of carbonyl (C=O) groups excluding carboxylic acids is 2. The number of hydrogen-bond donors (Lipinski definition) is 1. The fourth-order valence-corrected chi connectivity index (χ4v) is 3.22. The molecule has 8 heteroatoms. The molecule has 2 aromatic rings. The van der Waals surface area contributed by atoms with Crippen LogP contribution in [0.25, 0.3) is 6.08 Å². The summed E-state index contributed by atoms with van der Waals surface area (Å²) in [5.41, 5.74) is 0.709. The third-order valence-corrected chi connectivity index (χ3v) is 4.90. The van der Waals surface area contributed by atoms with Crippen LogP contribution < -0.4 is 5.32 Å². The van der Waals surface area contributed by atoms with Gasteiger partial charge in [-0.1, -0.05) is 17.7 Å². The van der Waals surface area contributed by atoms with Crippen molar-refractivity contribution in [3.63, 3.8) is 0 Å². The van der Waals surface area contributed by atoms with Gasteiger partial charge in [0.1, 0.15) is 11.6 Å². The van der Waals surface area contributed by atoms with E-state index in [1.807, 2.05) is 4.90 Å². The van der Waals surface area contributed by atoms with E-state index in [4.69, 9.17) is 11.6 Å². The van der Waals surface area contributed by atoms with Crippen LogP contribution in [-0.4, -0.2) is 54.3 Å². The van der Waals surface area contributed by atoms with E-state index in [1.54, 1.807) is 11.0 Å². The van der Waals surface area contributed by atoms with E-state index in [9.17, 15) is 18.4 Å². The van der Waals surface area contributed by atoms with Crippen LogP contribution in [0.2, 0.25) is 5.02 Å². The minimum absolute atomic E-state index is 0.179. The van der Waals surface area contributed by atoms with E-state index in [2.05, 4.69) is 5.32 Å². The summed E-state index contributed by atoms with van der Waals surface area (Å²) < 4.78 is 26.7. The maximum absolute atomic E-state index is 13.8. The Morgan fingerprint density at radius 1 is 1.03 bits per heavy atom. The number of anilines is 1. The van der Waals surface area contributed by atoms with Crippen LogP contribution in [-0.2, 0) is 9.59 Å². The van der Waals surface area contributed by atoms with Gasteiger partial charge >= 0.3 is 0 Å². The quantitative estimate of drug-likeness (QED) is 0.756. The van der Waals surface area contributed by atoms with Gasteiger partial charge in [0.05, 0.1) is 11.6 Å². The Balaban J connectivity index is 1.47. The molecular formula is C21H20ClF2N3O2. The minimum atomic E-state index is -0.487. The first-order valence-corrected chi connectivity index (χ1v) is 9.49. The van der Waals surface area contributed by atoms with E-state index < -0.39 is 5.82 Å². The van der Waals surface area contributed by atoms with Crippen molar-refractivity contribution in [2.24, 2.45) is 0 Å². The van der Waals surface area contributed by atoms with Gasteiger partial charge in [-0.15, -0.1) is 0 Å². The molecule has 0 radical (unpaired) electrons. The average Bonchev–Trinajstić information content (AvgIpc) is 2.70. The zero-order valence-electron chi connectivity index (χ0n) is 15.6. The van der Waals surface area contributed by atoms with Gasteiger partial charge in [-0.3, -0.25) is 14.5 Å². The van der Waals surface area contributed by atoms with E-state index in [1.165, 1.54) is 48.6 Å². The minimum Gasteiger partial charge on any atom is -0.337 e. The number of nitrogens with zero attached hydrogens (tertiary/aromatic N) is 2. The van der Waals surface area contributed by atoms with Crippen LogP contribution in [0.1, 0.15) is 5.56 Å². The lowest BCUT2D eigenvalue weighted by atomic mass is 10.2. The zero-order chi connectivity index (χ0) is 20.8. The second-order valence-corrected chi connectivity index (χ2v) is 7.03. The molecule has 0 aromatic heterocycles. The molecule has 0 saturated carbocycles. The van der Waals surface area contributed by atoms with Crippen molar-refractivity contribution in [1.82, 2.24) is 9.80 Å². The Labute approximate surface area is 172 Å². The number of nitrogens with one attached hydrogen (secondary N) is 1. The summed E-state index contributed by atoms with van der Waals surface area (Å²) in [6.45, 7) is 2.17. The van der Waals surface area contributed by atoms with Crippen molar-refractivity contribution in [3.05, 3.63) is 70.8 Å². The predicted molar refractivity (Wildman–Crippen MR) is 108 cm³/mol. The monoisotopic (exact) mass is 419 g/mol. The zero-order valence-corrected chi connectivity index (χ0v) is 16.3. The van der Waals surface area contributed by atoms with E-state index in [0.29, 0.717) is 31.9 Å². The average molecular weight is 420 g/mol. The Hall–Kier alpha value is -2.77. The van der Waals surface area contributed by atoms with Gasteiger partial charge in [0, 0.05) is 43.5 Å². The van der Waals surface area contributed by atoms with Crippen molar-refractivity contribution in [2.45, 2.75) is 0 Å². The topological polar surface area (TPSA) is 52.7 Å². The SMILES string of the molecule is O=C(CN1CCN(C(=O)/C=C/c2c(F)cccc2Cl)CC1)Nc1ccc(F)cc1. The summed E-state index contributed by atoms with van der Waals surface area (Å²) in [5, 5.41) is 2.95. The van der Waals surface area contributed by atoms with Crippen LogP contribution in [0.15, 0.2) is 48.5 Å². The van der Waals surface area contributed by atoms with Crippen molar-refractivity contribution in [3.8, 4) is 0 Å². The van der Waals surface area contributed by atoms with Gasteiger partial charge in [0.25, 0.3) is 0 Å². The fraction of sp³-hybridized carbons (Fsp3) is 0.238. The number of halogens is 3. The van der Waals surface area contributed by atoms with Crippen molar-refractivity contribution < 1.29 is 18.4 Å². The Morgan fingerprint density at radius 2 is 1.72 bits per heavy atom. The highest BCUT2D eigenvalue weighted by Crippen LogP contribution is 2.20. The molecule has 0 atom stereocenters. The molecule has 0 bridgehead atoms. The molecule has 0 aliphatic carbocycles. The number of carbonyl (C=O) groups is 2. The summed E-state index contributed by atoms with van der Waals surface area (Å²) in [5.74, 6) is -1.29. The third kappa shape index (κ3) is 5.85. The summed E-state index contributed by atoms with van der Waals surface area (Å²) in [6, 6.07) is 9.90. The molecule has 1 saturated heterocycles. The van der Waals surface area contributed by atoms with Crippen LogP contribution >= 0.6 is 11.6 Å². The number of amides is 2. The van der Waals surface area contributed by atoms with E-state index in [-0.39, 0.29) is 34.8 Å². The van der Waals surface area contributed by atoms with Crippen LogP contribution in [0.5, 0.6) is 0 Å². The Kier molecular flexibility index (Phi) is 6.95. The Bertz CT molecular complexity index is 890. The summed E-state index contributed by atoms with van der Waals surface area (Å²) in [6.07, 6.45) is 2.68. The van der Waals surface area contributed by atoms with Crippen LogP contribution in [0.4, 0.5) is 14.5 Å². The van der Waals surface area contributed by atoms with Crippen LogP contribution in [0.3, 0.4) is 0 Å². The van der Waals surface area contributed by atoms with Crippen molar-refractivity contribution >= 4 is 35.2 Å². The van der Waals surface area contributed by atoms with Gasteiger partial charge in [-0.2, -0.15) is 0 Å². The second kappa shape index (κ2) is 9.62. The highest BCUT2D eigenvalue weighted by molar-refractivity contribution is 6.32. The molecule has 29 heavy (non-hydrogen) atoms. The first-order chi connectivity index (χ1) is 13.9. The third-order valence-electron chi connectivity index (χ3n) is 4.57. The summed E-state index contributed by atoms with van der Waals surface area (Å²) in [7, 11) is 0. The highest BCUT2D eigenvalue weighted by atomic mass is 35.5. The summed E-state index contributed by atoms with van der Waals surface area (Å²) >= 11 is 5.95. The Morgan fingerprint density at radius 3 is 2.38 bits per heavy atom. The first kappa shape index (κ1) is 21.0. The largest absolute Gasteiger partial charge is 0.337 e. The molecule has 1 aliphatic rings. The van der Waals surface area contributed by atoms with Gasteiger partial charge in [-0.05, 0) is 42.5 Å². The smallest absolute Gasteiger partial charge is 0.246 e. The molecule has 0 unspecified atom stereocenters. The molecule has 0 spiro atoms. The molecule has 1 fully saturated rings. The summed E-state index contributed by atoms with van der Waals surface area (Å²) in [4.78, 5) is 28.0. The lowest BCUT2D eigenvalue weighted by Crippen LogP contribution is -2.50. The molecular weight excluding hydrogens is 400 g/mol. The number of benzene rings is 2. The number of rotatable bonds is 5. The molecule has 2 amide bonds. The van der Waals surface area contributed by atoms with E-state index >= 15 is 0 Å². The van der Waals surface area contributed by atoms with Gasteiger partial charge in [0.15, 0.2) is 0 Å². The van der Waals surface area contributed by atoms with Crippen LogP contribution in [0, 0.1) is 11.6 Å². The predicted octanol–water partition coefficient (Wildman–Crippen LogP) is 3.41. The molecule has 1 heterocycles. The van der Waals surface area contributed by atoms with Crippen molar-refractivity contribution in [1.29, 1.82) is 0 Å². The second-order valence-electron chi connectivity index (χ2n) is 6.63. The lowest BCUT2D eigenvalue weighted by Gasteiger charge is -2.33. The molecule has 1 N–H and O–H groups in total. The first-order valence-electron chi connectivity index (χ1n) is 9.11. The van der Waals surface area contributed by atoms with Gasteiger partial charge < -0.3 is 10.2 Å². The molecule has 2 aromatic carbocycles. The molecule has 1 aliphatic heterocycles. The van der Waals surface area contributed by atoms with Crippen molar-refractivity contribution in [2.75, 3.05) is 38.0 Å². The highest BCUT2D eigenvalue weighted by Gasteiger charge is 2.21. The maximum atomic E-state index is 13.8. The fourth-order valence-electron chi connectivity index (χ4n) is 2.99. The van der Waals surface area contributed by atoms with E-state index in [0.717, 1.165) is 0 Å². The molecule has 3 rings (SSSR count). The standard InChI is InChI=1S/C21H20ClF2N3O2/c22-18-2-1-3-19(24)17(18)8-9-21(29)27-12-10-26(11-13-27)14-20(28)25-16-6-4-15(23)5-7-16/h1-9H,10-14H2,(H,25,28)/b9-8+. The number of hydrogen-bond acceptors (Lipinski definition) is 3.